The molecule has 0 unspecified atom stereocenters. The van der Waals surface area contributed by atoms with E-state index >= 15 is 0 Å². The number of carboxylic acid groups (broad SMARTS) is 1. The van der Waals surface area contributed by atoms with E-state index in [0.717, 1.165) is 12.8 Å². The van der Waals surface area contributed by atoms with Crippen molar-refractivity contribution in [1.82, 2.24) is 10.6 Å². The van der Waals surface area contributed by atoms with Crippen LogP contribution in [0.4, 0.5) is 5.69 Å². The van der Waals surface area contributed by atoms with Crippen molar-refractivity contribution in [2.24, 2.45) is 5.11 Å². The Bertz CT molecular complexity index is 989. The van der Waals surface area contributed by atoms with Crippen LogP contribution in [0.5, 0.6) is 0 Å². The van der Waals surface area contributed by atoms with Gasteiger partial charge >= 0.3 is 5.97 Å². The third-order valence-corrected chi connectivity index (χ3v) is 5.64. The van der Waals surface area contributed by atoms with E-state index < -0.39 is 17.9 Å². The van der Waals surface area contributed by atoms with Gasteiger partial charge in [0.25, 0.3) is 5.91 Å². The molecule has 0 aliphatic heterocycles. The molecule has 2 rings (SSSR count). The number of rotatable bonds is 13. The highest BCUT2D eigenvalue weighted by Crippen LogP contribution is 2.14. The molecule has 0 fully saturated rings. The molecule has 0 spiro atoms. The number of carbonyl (C=O) groups is 3. The van der Waals surface area contributed by atoms with E-state index in [9.17, 15) is 19.5 Å². The van der Waals surface area contributed by atoms with E-state index in [4.69, 9.17) is 5.53 Å². The first-order valence-electron chi connectivity index (χ1n) is 10.6. The Kier molecular flexibility index (Phi) is 11.2. The lowest BCUT2D eigenvalue weighted by Gasteiger charge is -2.14. The first-order valence-corrected chi connectivity index (χ1v) is 11.7. The summed E-state index contributed by atoms with van der Waals surface area (Å²) in [6.07, 6.45) is 3.46. The van der Waals surface area contributed by atoms with Crippen molar-refractivity contribution in [2.45, 2.75) is 44.6 Å². The third kappa shape index (κ3) is 9.92. The number of aliphatic carboxylic acids is 1. The summed E-state index contributed by atoms with van der Waals surface area (Å²) in [5.41, 5.74) is 10.2. The maximum Gasteiger partial charge on any atom is 0.326 e. The quantitative estimate of drug-likeness (QED) is 0.106. The van der Waals surface area contributed by atoms with Crippen LogP contribution in [0.15, 0.2) is 53.6 Å². The molecule has 0 heterocycles. The fourth-order valence-electron chi connectivity index (χ4n) is 3.12. The van der Waals surface area contributed by atoms with Crippen molar-refractivity contribution in [3.05, 3.63) is 73.7 Å². The molecule has 33 heavy (non-hydrogen) atoms. The second kappa shape index (κ2) is 14.1. The highest BCUT2D eigenvalue weighted by molar-refractivity contribution is 14.1. The van der Waals surface area contributed by atoms with Gasteiger partial charge < -0.3 is 15.7 Å². The molecule has 1 atom stereocenters. The first-order chi connectivity index (χ1) is 15.9. The lowest BCUT2D eigenvalue weighted by atomic mass is 10.1. The molecule has 0 radical (unpaired) electrons. The lowest BCUT2D eigenvalue weighted by Crippen LogP contribution is -2.40. The summed E-state index contributed by atoms with van der Waals surface area (Å²) in [7, 11) is 0. The molecular weight excluding hydrogens is 537 g/mol. The van der Waals surface area contributed by atoms with E-state index in [2.05, 4.69) is 55.4 Å². The van der Waals surface area contributed by atoms with Crippen molar-refractivity contribution in [3.8, 4) is 0 Å². The number of nitrogens with zero attached hydrogens (tertiary/aromatic N) is 3. The zero-order valence-corrected chi connectivity index (χ0v) is 20.2. The summed E-state index contributed by atoms with van der Waals surface area (Å²) in [4.78, 5) is 38.4. The van der Waals surface area contributed by atoms with Crippen molar-refractivity contribution in [3.63, 3.8) is 0 Å². The normalized spacial score (nSPS) is 11.2. The minimum Gasteiger partial charge on any atom is -0.480 e. The molecule has 0 aromatic heterocycles. The van der Waals surface area contributed by atoms with Gasteiger partial charge in [0, 0.05) is 32.7 Å². The highest BCUT2D eigenvalue weighted by Gasteiger charge is 2.20. The minimum atomic E-state index is -1.12. The van der Waals surface area contributed by atoms with Crippen LogP contribution >= 0.6 is 22.6 Å². The van der Waals surface area contributed by atoms with Crippen LogP contribution in [0.3, 0.4) is 0 Å². The number of nitrogens with one attached hydrogen (secondary N) is 2. The number of carbonyl (C=O) groups excluding carboxylic acids is 2. The van der Waals surface area contributed by atoms with E-state index in [1.165, 1.54) is 33.4 Å². The second-order valence-corrected chi connectivity index (χ2v) is 8.67. The van der Waals surface area contributed by atoms with E-state index in [1.54, 1.807) is 0 Å². The molecule has 2 aromatic rings. The van der Waals surface area contributed by atoms with E-state index in [1.807, 2.05) is 12.1 Å². The van der Waals surface area contributed by atoms with Crippen LogP contribution in [0, 0.1) is 3.57 Å². The van der Waals surface area contributed by atoms with Gasteiger partial charge in [-0.2, -0.15) is 0 Å². The molecule has 0 aliphatic carbocycles. The maximum absolute atomic E-state index is 12.3. The topological polar surface area (TPSA) is 144 Å². The van der Waals surface area contributed by atoms with E-state index in [0.29, 0.717) is 31.5 Å². The molecule has 0 saturated carbocycles. The van der Waals surface area contributed by atoms with Crippen LogP contribution in [-0.2, 0) is 16.0 Å². The molecule has 0 bridgehead atoms. The van der Waals surface area contributed by atoms with E-state index in [-0.39, 0.29) is 17.9 Å². The Hall–Kier alpha value is -3.11. The minimum absolute atomic E-state index is 0.0206. The predicted octanol–water partition coefficient (Wildman–Crippen LogP) is 4.73. The van der Waals surface area contributed by atoms with Gasteiger partial charge in [-0.1, -0.05) is 29.4 Å². The van der Waals surface area contributed by atoms with Gasteiger partial charge in [0.1, 0.15) is 6.04 Å². The summed E-state index contributed by atoms with van der Waals surface area (Å²) >= 11 is 2.26. The predicted molar refractivity (Wildman–Crippen MR) is 133 cm³/mol. The standard InChI is InChI=1S/C23H26IN5O4/c24-18-11-7-16(8-12-18)4-3-6-21(30)26-15-2-1-5-20(23(32)33)27-22(31)17-9-13-19(14-10-17)28-29-25/h7-14,20H,1-6,15H2,(H,26,30)(H,27,31)(H,32,33)/t20-/m1/s1. The number of benzene rings is 2. The number of amides is 2. The molecule has 0 aliphatic rings. The Morgan fingerprint density at radius 1 is 1.03 bits per heavy atom. The molecule has 2 amide bonds. The average molecular weight is 563 g/mol. The molecule has 2 aromatic carbocycles. The molecule has 9 nitrogen and oxygen atoms in total. The van der Waals surface area contributed by atoms with Crippen molar-refractivity contribution in [1.29, 1.82) is 0 Å². The highest BCUT2D eigenvalue weighted by atomic mass is 127. The Balaban J connectivity index is 1.65. The monoisotopic (exact) mass is 563 g/mol. The first kappa shape index (κ1) is 26.1. The molecule has 174 valence electrons. The number of azide groups is 1. The van der Waals surface area contributed by atoms with Gasteiger partial charge in [-0.05, 0) is 90.1 Å². The SMILES string of the molecule is [N-]=[N+]=Nc1ccc(C(=O)N[C@H](CCCCNC(=O)CCCc2ccc(I)cc2)C(=O)O)cc1. The number of hydrogen-bond donors (Lipinski definition) is 3. The molecular formula is C23H26IN5O4. The van der Waals surface area contributed by atoms with Crippen molar-refractivity contribution in [2.75, 3.05) is 6.54 Å². The number of unbranched alkanes of at least 4 members (excludes halogenated alkanes) is 1. The third-order valence-electron chi connectivity index (χ3n) is 4.92. The Labute approximate surface area is 205 Å². The fraction of sp³-hybridized carbons (Fsp3) is 0.348. The van der Waals surface area contributed by atoms with Gasteiger partial charge in [0.2, 0.25) is 5.91 Å². The maximum atomic E-state index is 12.3. The zero-order chi connectivity index (χ0) is 24.1. The summed E-state index contributed by atoms with van der Waals surface area (Å²) in [6, 6.07) is 13.1. The van der Waals surface area contributed by atoms with Crippen LogP contribution in [0.2, 0.25) is 0 Å². The fourth-order valence-corrected chi connectivity index (χ4v) is 3.48. The second-order valence-electron chi connectivity index (χ2n) is 7.43. The smallest absolute Gasteiger partial charge is 0.326 e. The number of carboxylic acids is 1. The molecule has 0 saturated heterocycles. The van der Waals surface area contributed by atoms with Crippen LogP contribution in [-0.4, -0.2) is 35.5 Å². The van der Waals surface area contributed by atoms with Gasteiger partial charge in [0.05, 0.1) is 0 Å². The summed E-state index contributed by atoms with van der Waals surface area (Å²) < 4.78 is 1.18. The van der Waals surface area contributed by atoms with Crippen LogP contribution in [0.1, 0.15) is 48.0 Å². The van der Waals surface area contributed by atoms with Crippen molar-refractivity contribution >= 4 is 46.1 Å². The summed E-state index contributed by atoms with van der Waals surface area (Å²) in [5.74, 6) is -1.65. The van der Waals surface area contributed by atoms with Crippen molar-refractivity contribution < 1.29 is 19.5 Å². The van der Waals surface area contributed by atoms with Gasteiger partial charge in [-0.3, -0.25) is 9.59 Å². The molecule has 3 N–H and O–H groups in total. The Morgan fingerprint density at radius 2 is 1.73 bits per heavy atom. The number of halogens is 1. The lowest BCUT2D eigenvalue weighted by molar-refractivity contribution is -0.139. The average Bonchev–Trinajstić information content (AvgIpc) is 2.80. The van der Waals surface area contributed by atoms with Crippen LogP contribution in [0.25, 0.3) is 10.4 Å². The number of hydrogen-bond acceptors (Lipinski definition) is 4. The summed E-state index contributed by atoms with van der Waals surface area (Å²) in [5, 5.41) is 18.2. The summed E-state index contributed by atoms with van der Waals surface area (Å²) in [6.45, 7) is 0.462. The largest absolute Gasteiger partial charge is 0.480 e. The number of aryl methyl sites for hydroxylation is 1. The molecule has 10 heteroatoms. The zero-order valence-electron chi connectivity index (χ0n) is 18.0. The Morgan fingerprint density at radius 3 is 2.36 bits per heavy atom. The van der Waals surface area contributed by atoms with Gasteiger partial charge in [0.15, 0.2) is 0 Å². The van der Waals surface area contributed by atoms with Crippen LogP contribution < -0.4 is 10.6 Å². The van der Waals surface area contributed by atoms with Gasteiger partial charge in [-0.15, -0.1) is 0 Å². The van der Waals surface area contributed by atoms with Gasteiger partial charge in [-0.25, -0.2) is 4.79 Å².